The van der Waals surface area contributed by atoms with E-state index in [0.717, 1.165) is 5.69 Å². The normalized spacial score (nSPS) is 16.2. The van der Waals surface area contributed by atoms with Crippen LogP contribution in [-0.4, -0.2) is 42.0 Å². The van der Waals surface area contributed by atoms with Crippen LogP contribution >= 0.6 is 0 Å². The Morgan fingerprint density at radius 2 is 2.05 bits per heavy atom. The van der Waals surface area contributed by atoms with Crippen LogP contribution in [0.3, 0.4) is 0 Å². The zero-order valence-electron chi connectivity index (χ0n) is 11.3. The maximum atomic E-state index is 12.3. The van der Waals surface area contributed by atoms with Gasteiger partial charge >= 0.3 is 5.97 Å². The molecule has 0 spiro atoms. The summed E-state index contributed by atoms with van der Waals surface area (Å²) in [6, 6.07) is 3.55. The van der Waals surface area contributed by atoms with E-state index in [4.69, 9.17) is 4.74 Å². The average molecular weight is 262 g/mol. The number of ether oxygens (including phenoxy) is 1. The quantitative estimate of drug-likeness (QED) is 0.756. The molecule has 0 unspecified atom stereocenters. The molecule has 0 N–H and O–H groups in total. The van der Waals surface area contributed by atoms with E-state index in [1.54, 1.807) is 23.2 Å². The monoisotopic (exact) mass is 262 g/mol. The highest BCUT2D eigenvalue weighted by Crippen LogP contribution is 2.20. The Kier molecular flexibility index (Phi) is 4.14. The summed E-state index contributed by atoms with van der Waals surface area (Å²) < 4.78 is 4.74. The lowest BCUT2D eigenvalue weighted by molar-refractivity contribution is -0.146. The number of nitrogens with zero attached hydrogens (tertiary/aromatic N) is 2. The van der Waals surface area contributed by atoms with E-state index in [9.17, 15) is 9.59 Å². The number of aryl methyl sites for hydroxylation is 1. The van der Waals surface area contributed by atoms with E-state index < -0.39 is 0 Å². The predicted octanol–water partition coefficient (Wildman–Crippen LogP) is 1.42. The number of carbonyl (C=O) groups excluding carboxylic acids is 2. The number of rotatable bonds is 2. The van der Waals surface area contributed by atoms with Crippen molar-refractivity contribution in [3.05, 3.63) is 29.6 Å². The fraction of sp³-hybridized carbons (Fsp3) is 0.500. The molecule has 19 heavy (non-hydrogen) atoms. The summed E-state index contributed by atoms with van der Waals surface area (Å²) in [6.45, 7) is 3.01. The molecule has 1 saturated heterocycles. The van der Waals surface area contributed by atoms with Gasteiger partial charge in [-0.05, 0) is 31.9 Å². The van der Waals surface area contributed by atoms with E-state index >= 15 is 0 Å². The number of aromatic nitrogens is 1. The Morgan fingerprint density at radius 3 is 2.63 bits per heavy atom. The lowest BCUT2D eigenvalue weighted by Gasteiger charge is -2.30. The molecule has 2 rings (SSSR count). The van der Waals surface area contributed by atoms with Crippen LogP contribution in [0.4, 0.5) is 0 Å². The highest BCUT2D eigenvalue weighted by Gasteiger charge is 2.28. The van der Waals surface area contributed by atoms with Gasteiger partial charge in [-0.15, -0.1) is 0 Å². The number of hydrogen-bond acceptors (Lipinski definition) is 4. The van der Waals surface area contributed by atoms with Crippen molar-refractivity contribution in [2.75, 3.05) is 20.2 Å². The van der Waals surface area contributed by atoms with Gasteiger partial charge in [0.25, 0.3) is 5.91 Å². The summed E-state index contributed by atoms with van der Waals surface area (Å²) in [7, 11) is 1.40. The van der Waals surface area contributed by atoms with Gasteiger partial charge in [0.15, 0.2) is 0 Å². The number of pyridine rings is 1. The van der Waals surface area contributed by atoms with Gasteiger partial charge in [-0.3, -0.25) is 14.6 Å². The lowest BCUT2D eigenvalue weighted by Crippen LogP contribution is -2.40. The Bertz CT molecular complexity index is 479. The fourth-order valence-electron chi connectivity index (χ4n) is 2.37. The summed E-state index contributed by atoms with van der Waals surface area (Å²) >= 11 is 0. The van der Waals surface area contributed by atoms with E-state index in [1.807, 2.05) is 6.92 Å². The molecule has 0 saturated carbocycles. The third-order valence-electron chi connectivity index (χ3n) is 3.55. The van der Waals surface area contributed by atoms with Crippen LogP contribution in [0.15, 0.2) is 18.3 Å². The van der Waals surface area contributed by atoms with Crippen molar-refractivity contribution >= 4 is 11.9 Å². The molecular weight excluding hydrogens is 244 g/mol. The number of hydrogen-bond donors (Lipinski definition) is 0. The van der Waals surface area contributed by atoms with Crippen LogP contribution in [0, 0.1) is 12.8 Å². The zero-order chi connectivity index (χ0) is 13.8. The summed E-state index contributed by atoms with van der Waals surface area (Å²) in [4.78, 5) is 29.7. The van der Waals surface area contributed by atoms with Gasteiger partial charge in [-0.25, -0.2) is 0 Å². The maximum absolute atomic E-state index is 12.3. The maximum Gasteiger partial charge on any atom is 0.308 e. The first-order valence-corrected chi connectivity index (χ1v) is 6.42. The van der Waals surface area contributed by atoms with Gasteiger partial charge in [-0.1, -0.05) is 0 Å². The van der Waals surface area contributed by atoms with Gasteiger partial charge in [0, 0.05) is 25.0 Å². The first-order valence-electron chi connectivity index (χ1n) is 6.42. The average Bonchev–Trinajstić information content (AvgIpc) is 2.46. The Morgan fingerprint density at radius 1 is 1.37 bits per heavy atom. The van der Waals surface area contributed by atoms with Gasteiger partial charge in [0.2, 0.25) is 0 Å². The van der Waals surface area contributed by atoms with Crippen molar-refractivity contribution in [1.29, 1.82) is 0 Å². The van der Waals surface area contributed by atoms with Gasteiger partial charge in [0.05, 0.1) is 18.6 Å². The molecule has 1 amide bonds. The largest absolute Gasteiger partial charge is 0.469 e. The van der Waals surface area contributed by atoms with Crippen molar-refractivity contribution in [3.8, 4) is 0 Å². The van der Waals surface area contributed by atoms with Crippen LogP contribution in [0.2, 0.25) is 0 Å². The standard InChI is InChI=1S/C14H18N2O3/c1-10-12(4-3-7-15-10)13(17)16-8-5-11(6-9-16)14(18)19-2/h3-4,7,11H,5-6,8-9H2,1-2H3. The molecule has 5 heteroatoms. The Hall–Kier alpha value is -1.91. The summed E-state index contributed by atoms with van der Waals surface area (Å²) in [6.07, 6.45) is 3.01. The molecule has 1 fully saturated rings. The minimum Gasteiger partial charge on any atom is -0.469 e. The zero-order valence-corrected chi connectivity index (χ0v) is 11.3. The first kappa shape index (κ1) is 13.5. The molecule has 1 aromatic heterocycles. The summed E-state index contributed by atoms with van der Waals surface area (Å²) in [5, 5.41) is 0. The highest BCUT2D eigenvalue weighted by atomic mass is 16.5. The Labute approximate surface area is 112 Å². The summed E-state index contributed by atoms with van der Waals surface area (Å²) in [5.41, 5.74) is 1.38. The number of amides is 1. The van der Waals surface area contributed by atoms with Crippen LogP contribution in [0.25, 0.3) is 0 Å². The number of methoxy groups -OCH3 is 1. The topological polar surface area (TPSA) is 59.5 Å². The molecule has 102 valence electrons. The molecule has 0 aliphatic carbocycles. The third-order valence-corrected chi connectivity index (χ3v) is 3.55. The number of piperidine rings is 1. The van der Waals surface area contributed by atoms with Crippen LogP contribution in [0.1, 0.15) is 28.9 Å². The second-order valence-corrected chi connectivity index (χ2v) is 4.73. The van der Waals surface area contributed by atoms with Gasteiger partial charge < -0.3 is 9.64 Å². The van der Waals surface area contributed by atoms with E-state index in [1.165, 1.54) is 7.11 Å². The molecule has 1 aliphatic rings. The third kappa shape index (κ3) is 2.92. The van der Waals surface area contributed by atoms with E-state index in [-0.39, 0.29) is 17.8 Å². The minimum absolute atomic E-state index is 0.00563. The van der Waals surface area contributed by atoms with Crippen LogP contribution in [0.5, 0.6) is 0 Å². The lowest BCUT2D eigenvalue weighted by atomic mass is 9.96. The fourth-order valence-corrected chi connectivity index (χ4v) is 2.37. The van der Waals surface area contributed by atoms with Gasteiger partial charge in [-0.2, -0.15) is 0 Å². The highest BCUT2D eigenvalue weighted by molar-refractivity contribution is 5.95. The Balaban J connectivity index is 2.00. The van der Waals surface area contributed by atoms with Gasteiger partial charge in [0.1, 0.15) is 0 Å². The number of esters is 1. The van der Waals surface area contributed by atoms with Crippen LogP contribution < -0.4 is 0 Å². The molecule has 0 bridgehead atoms. The molecule has 0 aromatic carbocycles. The van der Waals surface area contributed by atoms with Crippen LogP contribution in [-0.2, 0) is 9.53 Å². The van der Waals surface area contributed by atoms with E-state index in [0.29, 0.717) is 31.5 Å². The number of likely N-dealkylation sites (tertiary alicyclic amines) is 1. The molecule has 1 aliphatic heterocycles. The molecule has 5 nitrogen and oxygen atoms in total. The first-order chi connectivity index (χ1) is 9.13. The van der Waals surface area contributed by atoms with Crippen molar-refractivity contribution in [2.24, 2.45) is 5.92 Å². The number of carbonyl (C=O) groups is 2. The molecule has 0 radical (unpaired) electrons. The SMILES string of the molecule is COC(=O)C1CCN(C(=O)c2cccnc2C)CC1. The predicted molar refractivity (Wildman–Crippen MR) is 69.6 cm³/mol. The van der Waals surface area contributed by atoms with Crippen molar-refractivity contribution in [3.63, 3.8) is 0 Å². The molecule has 1 aromatic rings. The summed E-state index contributed by atoms with van der Waals surface area (Å²) in [5.74, 6) is -0.261. The van der Waals surface area contributed by atoms with Crippen molar-refractivity contribution in [2.45, 2.75) is 19.8 Å². The molecule has 2 heterocycles. The van der Waals surface area contributed by atoms with Crippen molar-refractivity contribution in [1.82, 2.24) is 9.88 Å². The second kappa shape index (κ2) is 5.82. The molecule has 0 atom stereocenters. The van der Waals surface area contributed by atoms with E-state index in [2.05, 4.69) is 4.98 Å². The second-order valence-electron chi connectivity index (χ2n) is 4.73. The smallest absolute Gasteiger partial charge is 0.308 e. The minimum atomic E-state index is -0.176. The molecular formula is C14H18N2O3. The van der Waals surface area contributed by atoms with Crippen molar-refractivity contribution < 1.29 is 14.3 Å².